The Morgan fingerprint density at radius 3 is 2.66 bits per heavy atom. The van der Waals surface area contributed by atoms with Gasteiger partial charge in [-0.15, -0.1) is 0 Å². The highest BCUT2D eigenvalue weighted by atomic mass is 16.6. The zero-order valence-electron chi connectivity index (χ0n) is 23.4. The summed E-state index contributed by atoms with van der Waals surface area (Å²) in [5.41, 5.74) is -0.237. The number of Topliss-reactive ketones (excluding diaryl/α,β-unsaturated/α-hetero) is 1. The number of carbonyl (C=O) groups is 2. The summed E-state index contributed by atoms with van der Waals surface area (Å²) >= 11 is 0. The third kappa shape index (κ3) is 5.44. The Kier molecular flexibility index (Phi) is 6.60. The molecule has 0 atom stereocenters. The van der Waals surface area contributed by atoms with Crippen LogP contribution in [-0.2, 0) is 9.47 Å². The maximum Gasteiger partial charge on any atom is 0.415 e. The van der Waals surface area contributed by atoms with E-state index in [1.54, 1.807) is 58.3 Å². The number of anilines is 3. The fourth-order valence-electron chi connectivity index (χ4n) is 4.55. The predicted molar refractivity (Wildman–Crippen MR) is 150 cm³/mol. The van der Waals surface area contributed by atoms with Crippen molar-refractivity contribution < 1.29 is 19.1 Å². The summed E-state index contributed by atoms with van der Waals surface area (Å²) in [7, 11) is 1.55. The second kappa shape index (κ2) is 10.1. The summed E-state index contributed by atoms with van der Waals surface area (Å²) in [6.45, 7) is 6.40. The number of amides is 1. The molecule has 1 aliphatic heterocycles. The highest BCUT2D eigenvalue weighted by Gasteiger charge is 2.28. The van der Waals surface area contributed by atoms with E-state index < -0.39 is 11.7 Å². The molecule has 2 fully saturated rings. The second-order valence-corrected chi connectivity index (χ2v) is 11.5. The van der Waals surface area contributed by atoms with Gasteiger partial charge in [-0.2, -0.15) is 14.7 Å². The molecule has 6 rings (SSSR count). The van der Waals surface area contributed by atoms with Crippen LogP contribution in [0.4, 0.5) is 22.1 Å². The zero-order valence-corrected chi connectivity index (χ0v) is 23.4. The lowest BCUT2D eigenvalue weighted by atomic mass is 9.98. The first kappa shape index (κ1) is 26.7. The van der Waals surface area contributed by atoms with E-state index in [1.165, 1.54) is 20.2 Å². The smallest absolute Gasteiger partial charge is 0.415 e. The molecule has 1 saturated heterocycles. The molecule has 214 valence electrons. The van der Waals surface area contributed by atoms with Crippen LogP contribution in [0.2, 0.25) is 0 Å². The fraction of sp³-hybridized carbons (Fsp3) is 0.429. The summed E-state index contributed by atoms with van der Waals surface area (Å²) in [6.07, 6.45) is 6.84. The van der Waals surface area contributed by atoms with Crippen LogP contribution in [-0.4, -0.2) is 66.7 Å². The number of ether oxygens (including phenoxy) is 2. The molecule has 4 aromatic heterocycles. The predicted octanol–water partition coefficient (Wildman–Crippen LogP) is 3.75. The Hall–Kier alpha value is -4.52. The number of ketones is 1. The third-order valence-electron chi connectivity index (χ3n) is 6.92. The first-order valence-corrected chi connectivity index (χ1v) is 13.6. The molecule has 5 heterocycles. The van der Waals surface area contributed by atoms with Crippen molar-refractivity contribution >= 4 is 34.8 Å². The van der Waals surface area contributed by atoms with Crippen LogP contribution >= 0.6 is 0 Å². The van der Waals surface area contributed by atoms with E-state index in [-0.39, 0.29) is 34.4 Å². The third-order valence-corrected chi connectivity index (χ3v) is 6.92. The summed E-state index contributed by atoms with van der Waals surface area (Å²) in [5, 5.41) is 12.0. The zero-order chi connectivity index (χ0) is 28.9. The molecule has 13 heteroatoms. The number of hydrogen-bond donors (Lipinski definition) is 1. The van der Waals surface area contributed by atoms with Gasteiger partial charge in [-0.3, -0.25) is 23.7 Å². The highest BCUT2D eigenvalue weighted by Crippen LogP contribution is 2.34. The van der Waals surface area contributed by atoms with Gasteiger partial charge in [0.05, 0.1) is 31.0 Å². The average Bonchev–Trinajstić information content (AvgIpc) is 3.47. The van der Waals surface area contributed by atoms with Crippen LogP contribution in [0.5, 0.6) is 0 Å². The van der Waals surface area contributed by atoms with E-state index in [9.17, 15) is 14.4 Å². The molecule has 13 nitrogen and oxygen atoms in total. The minimum Gasteiger partial charge on any atom is -0.443 e. The summed E-state index contributed by atoms with van der Waals surface area (Å²) in [4.78, 5) is 45.6. The second-order valence-electron chi connectivity index (χ2n) is 11.5. The molecule has 4 aromatic rings. The van der Waals surface area contributed by atoms with Crippen LogP contribution in [0.3, 0.4) is 0 Å². The molecule has 0 radical (unpaired) electrons. The van der Waals surface area contributed by atoms with Gasteiger partial charge in [-0.05, 0) is 45.7 Å². The van der Waals surface area contributed by atoms with Crippen molar-refractivity contribution in [3.63, 3.8) is 0 Å². The van der Waals surface area contributed by atoms with E-state index in [2.05, 4.69) is 20.5 Å². The molecule has 1 N–H and O–H groups in total. The lowest BCUT2D eigenvalue weighted by molar-refractivity contribution is -0.0321. The van der Waals surface area contributed by atoms with Crippen molar-refractivity contribution in [1.82, 2.24) is 28.9 Å². The molecule has 1 aliphatic carbocycles. The average molecular weight is 561 g/mol. The van der Waals surface area contributed by atoms with Gasteiger partial charge >= 0.3 is 6.09 Å². The fourth-order valence-corrected chi connectivity index (χ4v) is 4.55. The number of carbonyl (C=O) groups excluding carboxylic acids is 2. The summed E-state index contributed by atoms with van der Waals surface area (Å²) < 4.78 is 15.5. The monoisotopic (exact) mass is 560 g/mol. The normalized spacial score (nSPS) is 15.5. The molecule has 41 heavy (non-hydrogen) atoms. The Bertz CT molecular complexity index is 1690. The molecular formula is C28H32N8O5. The Labute approximate surface area is 235 Å². The summed E-state index contributed by atoms with van der Waals surface area (Å²) in [6, 6.07) is 7.15. The van der Waals surface area contributed by atoms with Gasteiger partial charge < -0.3 is 14.8 Å². The van der Waals surface area contributed by atoms with Gasteiger partial charge in [0.1, 0.15) is 22.9 Å². The van der Waals surface area contributed by atoms with Crippen LogP contribution in [0, 0.1) is 5.92 Å². The van der Waals surface area contributed by atoms with Crippen molar-refractivity contribution in [2.45, 2.75) is 51.7 Å². The summed E-state index contributed by atoms with van der Waals surface area (Å²) in [5.74, 6) is 1.09. The maximum atomic E-state index is 13.5. The van der Waals surface area contributed by atoms with Crippen molar-refractivity contribution in [3.05, 3.63) is 58.8 Å². The molecule has 0 spiro atoms. The van der Waals surface area contributed by atoms with Gasteiger partial charge in [0.15, 0.2) is 17.2 Å². The number of aromatic nitrogens is 6. The Morgan fingerprint density at radius 1 is 1.20 bits per heavy atom. The molecule has 0 bridgehead atoms. The molecule has 0 unspecified atom stereocenters. The van der Waals surface area contributed by atoms with E-state index in [0.717, 1.165) is 12.8 Å². The van der Waals surface area contributed by atoms with E-state index in [0.29, 0.717) is 42.9 Å². The van der Waals surface area contributed by atoms with Crippen molar-refractivity contribution in [1.29, 1.82) is 0 Å². The quantitative estimate of drug-likeness (QED) is 0.319. The first-order valence-electron chi connectivity index (χ1n) is 13.6. The number of nitrogens with zero attached hydrogens (tertiary/aromatic N) is 7. The Balaban J connectivity index is 1.38. The largest absolute Gasteiger partial charge is 0.443 e. The van der Waals surface area contributed by atoms with Crippen LogP contribution in [0.1, 0.15) is 56.4 Å². The molecule has 2 aliphatic rings. The number of hydrogen-bond acceptors (Lipinski definition) is 9. The van der Waals surface area contributed by atoms with Crippen molar-refractivity contribution in [3.8, 4) is 5.82 Å². The minimum atomic E-state index is -0.726. The number of nitrogens with one attached hydrogen (secondary N) is 1. The van der Waals surface area contributed by atoms with Gasteiger partial charge in [-0.1, -0.05) is 0 Å². The van der Waals surface area contributed by atoms with Crippen molar-refractivity contribution in [2.24, 2.45) is 5.92 Å². The lowest BCUT2D eigenvalue weighted by Crippen LogP contribution is -2.35. The van der Waals surface area contributed by atoms with Gasteiger partial charge in [0.2, 0.25) is 0 Å². The van der Waals surface area contributed by atoms with Gasteiger partial charge in [-0.25, -0.2) is 9.78 Å². The highest BCUT2D eigenvalue weighted by molar-refractivity contribution is 6.02. The first-order chi connectivity index (χ1) is 19.6. The van der Waals surface area contributed by atoms with Crippen LogP contribution in [0.25, 0.3) is 11.5 Å². The molecule has 1 saturated carbocycles. The SMILES string of the molecule is CN(C(=O)OC(C)(C)C)c1cc(Nc2cccn(-c3ccn(C4CC4)n3)c2=O)nc2c(C(=O)CC3COC3)cnn12. The van der Waals surface area contributed by atoms with Gasteiger partial charge in [0.25, 0.3) is 5.56 Å². The van der Waals surface area contributed by atoms with Crippen molar-refractivity contribution in [2.75, 3.05) is 30.5 Å². The van der Waals surface area contributed by atoms with E-state index in [4.69, 9.17) is 9.47 Å². The lowest BCUT2D eigenvalue weighted by Gasteiger charge is -2.25. The minimum absolute atomic E-state index is 0.128. The van der Waals surface area contributed by atoms with E-state index >= 15 is 0 Å². The van der Waals surface area contributed by atoms with Crippen LogP contribution in [0.15, 0.2) is 47.7 Å². The molecular weight excluding hydrogens is 528 g/mol. The van der Waals surface area contributed by atoms with Crippen LogP contribution < -0.4 is 15.8 Å². The number of fused-ring (bicyclic) bond motifs is 1. The Morgan fingerprint density at radius 2 is 1.98 bits per heavy atom. The topological polar surface area (TPSA) is 138 Å². The maximum absolute atomic E-state index is 13.5. The number of pyridine rings is 1. The molecule has 0 aromatic carbocycles. The molecule has 1 amide bonds. The van der Waals surface area contributed by atoms with Gasteiger partial charge in [0, 0.05) is 43.9 Å². The van der Waals surface area contributed by atoms with E-state index in [1.807, 2.05) is 10.9 Å². The number of rotatable bonds is 8. The standard InChI is InChI=1S/C28H32N8O5/c1-28(2,3)41-27(39)33(4)24-13-22(31-25-19(14-29-36(24)25)21(37)12-17-15-40-16-17)30-20-6-5-10-34(26(20)38)23-9-11-35(32-23)18-7-8-18/h5-6,9-11,13-14,17-18H,7-8,12,15-16H2,1-4H3,(H,30,31).